The third kappa shape index (κ3) is 3.54. The zero-order chi connectivity index (χ0) is 16.4. The number of hydrogen-bond donors (Lipinski definition) is 2. The predicted molar refractivity (Wildman–Crippen MR) is 86.9 cm³/mol. The predicted octanol–water partition coefficient (Wildman–Crippen LogP) is 2.67. The first kappa shape index (κ1) is 16.0. The van der Waals surface area contributed by atoms with Crippen LogP contribution in [0, 0.1) is 5.82 Å². The Labute approximate surface area is 139 Å². The van der Waals surface area contributed by atoms with Crippen molar-refractivity contribution in [1.82, 2.24) is 5.32 Å². The molecule has 0 fully saturated rings. The van der Waals surface area contributed by atoms with Gasteiger partial charge in [0.25, 0.3) is 0 Å². The van der Waals surface area contributed by atoms with Crippen molar-refractivity contribution in [2.24, 2.45) is 0 Å². The van der Waals surface area contributed by atoms with Gasteiger partial charge in [0, 0.05) is 30.0 Å². The highest BCUT2D eigenvalue weighted by Crippen LogP contribution is 2.29. The van der Waals surface area contributed by atoms with E-state index in [9.17, 15) is 14.3 Å². The second-order valence-electron chi connectivity index (χ2n) is 6.00. The zero-order valence-electron chi connectivity index (χ0n) is 12.5. The Bertz CT molecular complexity index is 702. The van der Waals surface area contributed by atoms with Gasteiger partial charge in [-0.25, -0.2) is 4.39 Å². The molecule has 2 N–H and O–H groups in total. The van der Waals surface area contributed by atoms with Crippen LogP contribution >= 0.6 is 11.6 Å². The standard InChI is InChI=1S/C18H17ClFNO2/c19-15-6-3-7-16(20)14(15)8-17(22)21-11-18(23)9-12-4-1-2-5-13(12)10-18/h1-7,23H,8-11H2,(H,21,22). The summed E-state index contributed by atoms with van der Waals surface area (Å²) in [6.45, 7) is 0.132. The quantitative estimate of drug-likeness (QED) is 0.903. The van der Waals surface area contributed by atoms with Gasteiger partial charge in [0.1, 0.15) is 5.82 Å². The van der Waals surface area contributed by atoms with E-state index in [0.717, 1.165) is 11.1 Å². The number of fused-ring (bicyclic) bond motifs is 1. The number of aliphatic hydroxyl groups is 1. The van der Waals surface area contributed by atoms with Crippen molar-refractivity contribution in [3.8, 4) is 0 Å². The molecule has 0 bridgehead atoms. The lowest BCUT2D eigenvalue weighted by atomic mass is 10.0. The van der Waals surface area contributed by atoms with Gasteiger partial charge in [0.05, 0.1) is 12.0 Å². The molecule has 5 heteroatoms. The molecule has 0 saturated heterocycles. The van der Waals surface area contributed by atoms with E-state index in [1.807, 2.05) is 24.3 Å². The fourth-order valence-electron chi connectivity index (χ4n) is 2.99. The van der Waals surface area contributed by atoms with E-state index in [2.05, 4.69) is 5.32 Å². The summed E-state index contributed by atoms with van der Waals surface area (Å²) in [5.41, 5.74) is 1.38. The van der Waals surface area contributed by atoms with Crippen LogP contribution in [0.3, 0.4) is 0 Å². The van der Waals surface area contributed by atoms with Crippen molar-refractivity contribution in [3.63, 3.8) is 0 Å². The number of rotatable bonds is 4. The maximum absolute atomic E-state index is 13.7. The van der Waals surface area contributed by atoms with Crippen LogP contribution < -0.4 is 5.32 Å². The highest BCUT2D eigenvalue weighted by Gasteiger charge is 2.35. The minimum atomic E-state index is -0.988. The van der Waals surface area contributed by atoms with Crippen LogP contribution in [-0.4, -0.2) is 23.2 Å². The zero-order valence-corrected chi connectivity index (χ0v) is 13.2. The molecule has 0 aromatic heterocycles. The molecule has 0 atom stereocenters. The molecule has 3 nitrogen and oxygen atoms in total. The van der Waals surface area contributed by atoms with Gasteiger partial charge in [-0.2, -0.15) is 0 Å². The summed E-state index contributed by atoms with van der Waals surface area (Å²) in [6, 6.07) is 12.1. The van der Waals surface area contributed by atoms with E-state index in [-0.39, 0.29) is 29.5 Å². The normalized spacial score (nSPS) is 15.3. The smallest absolute Gasteiger partial charge is 0.224 e. The molecule has 1 amide bonds. The first-order chi connectivity index (χ1) is 11.0. The van der Waals surface area contributed by atoms with E-state index < -0.39 is 11.4 Å². The number of benzene rings is 2. The van der Waals surface area contributed by atoms with Gasteiger partial charge in [-0.3, -0.25) is 4.79 Å². The Kier molecular flexibility index (Phi) is 4.37. The SMILES string of the molecule is O=C(Cc1c(F)cccc1Cl)NCC1(O)Cc2ccccc2C1. The van der Waals surface area contributed by atoms with E-state index in [1.165, 1.54) is 12.1 Å². The molecule has 1 aliphatic carbocycles. The first-order valence-electron chi connectivity index (χ1n) is 7.46. The minimum Gasteiger partial charge on any atom is -0.387 e. The summed E-state index contributed by atoms with van der Waals surface area (Å²) in [5.74, 6) is -0.860. The molecule has 23 heavy (non-hydrogen) atoms. The molecule has 0 aliphatic heterocycles. The Morgan fingerprint density at radius 3 is 2.43 bits per heavy atom. The molecular weight excluding hydrogens is 317 g/mol. The van der Waals surface area contributed by atoms with Crippen molar-refractivity contribution in [2.45, 2.75) is 24.9 Å². The fourth-order valence-corrected chi connectivity index (χ4v) is 3.22. The minimum absolute atomic E-state index is 0.132. The monoisotopic (exact) mass is 333 g/mol. The number of carbonyl (C=O) groups excluding carboxylic acids is 1. The van der Waals surface area contributed by atoms with Crippen molar-refractivity contribution in [3.05, 3.63) is 70.0 Å². The van der Waals surface area contributed by atoms with Gasteiger partial charge in [0.2, 0.25) is 5.91 Å². The molecule has 120 valence electrons. The van der Waals surface area contributed by atoms with Crippen LogP contribution in [0.1, 0.15) is 16.7 Å². The van der Waals surface area contributed by atoms with Crippen molar-refractivity contribution in [2.75, 3.05) is 6.54 Å². The Hall–Kier alpha value is -1.91. The lowest BCUT2D eigenvalue weighted by Gasteiger charge is -2.22. The summed E-state index contributed by atoms with van der Waals surface area (Å²) < 4.78 is 13.7. The van der Waals surface area contributed by atoms with E-state index >= 15 is 0 Å². The Balaban J connectivity index is 1.60. The summed E-state index contributed by atoms with van der Waals surface area (Å²) in [6.07, 6.45) is 0.863. The number of nitrogens with one attached hydrogen (secondary N) is 1. The van der Waals surface area contributed by atoms with Crippen LogP contribution in [0.2, 0.25) is 5.02 Å². The summed E-state index contributed by atoms with van der Waals surface area (Å²) >= 11 is 5.92. The number of hydrogen-bond acceptors (Lipinski definition) is 2. The average molecular weight is 334 g/mol. The summed E-state index contributed by atoms with van der Waals surface area (Å²) in [7, 11) is 0. The summed E-state index contributed by atoms with van der Waals surface area (Å²) in [4.78, 5) is 12.0. The molecule has 0 spiro atoms. The fraction of sp³-hybridized carbons (Fsp3) is 0.278. The van der Waals surface area contributed by atoms with Crippen LogP contribution in [-0.2, 0) is 24.1 Å². The maximum atomic E-state index is 13.7. The molecule has 0 radical (unpaired) electrons. The third-order valence-corrected chi connectivity index (χ3v) is 4.53. The van der Waals surface area contributed by atoms with Gasteiger partial charge >= 0.3 is 0 Å². The highest BCUT2D eigenvalue weighted by molar-refractivity contribution is 6.31. The Morgan fingerprint density at radius 2 is 1.83 bits per heavy atom. The molecule has 2 aromatic rings. The molecule has 0 unspecified atom stereocenters. The third-order valence-electron chi connectivity index (χ3n) is 4.17. The number of carbonyl (C=O) groups is 1. The van der Waals surface area contributed by atoms with Gasteiger partial charge in [-0.05, 0) is 23.3 Å². The highest BCUT2D eigenvalue weighted by atomic mass is 35.5. The second-order valence-corrected chi connectivity index (χ2v) is 6.41. The van der Waals surface area contributed by atoms with Gasteiger partial charge in [-0.1, -0.05) is 41.9 Å². The average Bonchev–Trinajstić information content (AvgIpc) is 2.86. The number of amides is 1. The Morgan fingerprint density at radius 1 is 1.17 bits per heavy atom. The topological polar surface area (TPSA) is 49.3 Å². The number of halogens is 2. The maximum Gasteiger partial charge on any atom is 0.224 e. The second kappa shape index (κ2) is 6.30. The lowest BCUT2D eigenvalue weighted by Crippen LogP contribution is -2.44. The largest absolute Gasteiger partial charge is 0.387 e. The first-order valence-corrected chi connectivity index (χ1v) is 7.83. The van der Waals surface area contributed by atoms with Crippen LogP contribution in [0.15, 0.2) is 42.5 Å². The van der Waals surface area contributed by atoms with Crippen molar-refractivity contribution < 1.29 is 14.3 Å². The molecule has 2 aromatic carbocycles. The molecular formula is C18H17ClFNO2. The van der Waals surface area contributed by atoms with E-state index in [4.69, 9.17) is 11.6 Å². The van der Waals surface area contributed by atoms with Gasteiger partial charge in [-0.15, -0.1) is 0 Å². The van der Waals surface area contributed by atoms with Gasteiger partial charge < -0.3 is 10.4 Å². The van der Waals surface area contributed by atoms with Gasteiger partial charge in [0.15, 0.2) is 0 Å². The summed E-state index contributed by atoms with van der Waals surface area (Å²) in [5, 5.41) is 13.5. The molecule has 1 aliphatic rings. The van der Waals surface area contributed by atoms with Crippen LogP contribution in [0.25, 0.3) is 0 Å². The molecule has 3 rings (SSSR count). The van der Waals surface area contributed by atoms with Crippen LogP contribution in [0.5, 0.6) is 0 Å². The lowest BCUT2D eigenvalue weighted by molar-refractivity contribution is -0.121. The van der Waals surface area contributed by atoms with Crippen LogP contribution in [0.4, 0.5) is 4.39 Å². The molecule has 0 heterocycles. The van der Waals surface area contributed by atoms with Crippen molar-refractivity contribution in [1.29, 1.82) is 0 Å². The van der Waals surface area contributed by atoms with E-state index in [0.29, 0.717) is 12.8 Å². The van der Waals surface area contributed by atoms with Crippen molar-refractivity contribution >= 4 is 17.5 Å². The van der Waals surface area contributed by atoms with E-state index in [1.54, 1.807) is 6.07 Å². The molecule has 0 saturated carbocycles.